The van der Waals surface area contributed by atoms with Crippen LogP contribution in [-0.4, -0.2) is 30.6 Å². The van der Waals surface area contributed by atoms with Gasteiger partial charge in [-0.25, -0.2) is 4.79 Å². The molecule has 4 rings (SSSR count). The van der Waals surface area contributed by atoms with Gasteiger partial charge in [0.05, 0.1) is 18.3 Å². The van der Waals surface area contributed by atoms with Crippen LogP contribution in [0, 0.1) is 6.92 Å². The normalized spacial score (nSPS) is 20.7. The molecule has 2 aliphatic heterocycles. The van der Waals surface area contributed by atoms with Gasteiger partial charge in [-0.2, -0.15) is 0 Å². The van der Waals surface area contributed by atoms with Crippen LogP contribution in [0.15, 0.2) is 42.5 Å². The van der Waals surface area contributed by atoms with Crippen LogP contribution in [0.4, 0.5) is 0 Å². The van der Waals surface area contributed by atoms with Crippen molar-refractivity contribution in [2.75, 3.05) is 19.7 Å². The Labute approximate surface area is 142 Å². The fourth-order valence-corrected chi connectivity index (χ4v) is 3.59. The van der Waals surface area contributed by atoms with Gasteiger partial charge in [0.25, 0.3) is 0 Å². The van der Waals surface area contributed by atoms with E-state index in [1.807, 2.05) is 18.2 Å². The molecule has 0 saturated carbocycles. The number of carbonyl (C=O) groups excluding carboxylic acids is 1. The van der Waals surface area contributed by atoms with Gasteiger partial charge in [-0.15, -0.1) is 0 Å². The van der Waals surface area contributed by atoms with Gasteiger partial charge < -0.3 is 9.47 Å². The van der Waals surface area contributed by atoms with Gasteiger partial charge in [0.2, 0.25) is 0 Å². The van der Waals surface area contributed by atoms with Crippen LogP contribution in [0.5, 0.6) is 0 Å². The molecule has 2 aromatic carbocycles. The molecule has 4 heteroatoms. The number of fused-ring (bicyclic) bond motifs is 1. The summed E-state index contributed by atoms with van der Waals surface area (Å²) < 4.78 is 11.2. The largest absolute Gasteiger partial charge is 0.457 e. The molecular weight excluding hydrogens is 302 g/mol. The Morgan fingerprint density at radius 1 is 1.17 bits per heavy atom. The number of nitrogens with zero attached hydrogens (tertiary/aromatic N) is 1. The number of benzene rings is 2. The first-order valence-electron chi connectivity index (χ1n) is 8.40. The maximum atomic E-state index is 11.7. The minimum Gasteiger partial charge on any atom is -0.457 e. The first kappa shape index (κ1) is 15.4. The van der Waals surface area contributed by atoms with E-state index in [2.05, 4.69) is 36.1 Å². The van der Waals surface area contributed by atoms with Crippen LogP contribution < -0.4 is 0 Å². The lowest BCUT2D eigenvalue weighted by Gasteiger charge is -2.34. The molecule has 2 heterocycles. The molecule has 124 valence electrons. The molecule has 0 unspecified atom stereocenters. The molecule has 0 N–H and O–H groups in total. The van der Waals surface area contributed by atoms with Gasteiger partial charge >= 0.3 is 5.97 Å². The van der Waals surface area contributed by atoms with E-state index in [4.69, 9.17) is 9.47 Å². The Kier molecular flexibility index (Phi) is 4.08. The van der Waals surface area contributed by atoms with Crippen LogP contribution in [0.1, 0.15) is 38.7 Å². The summed E-state index contributed by atoms with van der Waals surface area (Å²) in [5.41, 5.74) is 5.34. The number of esters is 1. The van der Waals surface area contributed by atoms with Crippen molar-refractivity contribution in [3.63, 3.8) is 0 Å². The molecule has 0 aliphatic carbocycles. The van der Waals surface area contributed by atoms with E-state index in [1.165, 1.54) is 11.1 Å². The van der Waals surface area contributed by atoms with E-state index >= 15 is 0 Å². The number of rotatable bonds is 3. The predicted molar refractivity (Wildman–Crippen MR) is 90.7 cm³/mol. The Morgan fingerprint density at radius 3 is 2.83 bits per heavy atom. The molecule has 4 nitrogen and oxygen atoms in total. The summed E-state index contributed by atoms with van der Waals surface area (Å²) in [6.07, 6.45) is 0.0449. The fourth-order valence-electron chi connectivity index (χ4n) is 3.59. The molecule has 0 spiro atoms. The lowest BCUT2D eigenvalue weighted by atomic mass is 9.94. The van der Waals surface area contributed by atoms with Crippen LogP contribution in [-0.2, 0) is 22.6 Å². The molecule has 24 heavy (non-hydrogen) atoms. The Balaban J connectivity index is 1.53. The van der Waals surface area contributed by atoms with Crippen LogP contribution in [0.25, 0.3) is 0 Å². The molecule has 0 radical (unpaired) electrons. The molecular formula is C20H21NO3. The van der Waals surface area contributed by atoms with E-state index in [1.54, 1.807) is 0 Å². The van der Waals surface area contributed by atoms with Crippen molar-refractivity contribution in [3.05, 3.63) is 70.3 Å². The second kappa shape index (κ2) is 6.38. The molecule has 0 amide bonds. The van der Waals surface area contributed by atoms with Gasteiger partial charge in [0.1, 0.15) is 6.61 Å². The van der Waals surface area contributed by atoms with Gasteiger partial charge in [-0.05, 0) is 29.7 Å². The smallest absolute Gasteiger partial charge is 0.338 e. The SMILES string of the molecule is Cc1c([C@@H]2CN(Cc3ccccc3)CCO2)ccc2c1COC2=O. The third-order valence-corrected chi connectivity index (χ3v) is 4.95. The average molecular weight is 323 g/mol. The zero-order chi connectivity index (χ0) is 16.5. The van der Waals surface area contributed by atoms with Gasteiger partial charge in [0, 0.05) is 25.2 Å². The highest BCUT2D eigenvalue weighted by molar-refractivity contribution is 5.93. The van der Waals surface area contributed by atoms with E-state index in [0.717, 1.165) is 37.4 Å². The van der Waals surface area contributed by atoms with Gasteiger partial charge in [-0.1, -0.05) is 36.4 Å². The molecule has 2 aromatic rings. The number of carbonyl (C=O) groups is 1. The van der Waals surface area contributed by atoms with E-state index in [-0.39, 0.29) is 12.1 Å². The van der Waals surface area contributed by atoms with Crippen molar-refractivity contribution in [3.8, 4) is 0 Å². The second-order valence-electron chi connectivity index (χ2n) is 6.46. The lowest BCUT2D eigenvalue weighted by Crippen LogP contribution is -2.38. The second-order valence-corrected chi connectivity index (χ2v) is 6.46. The number of hydrogen-bond acceptors (Lipinski definition) is 4. The van der Waals surface area contributed by atoms with Crippen LogP contribution >= 0.6 is 0 Å². The van der Waals surface area contributed by atoms with Crippen molar-refractivity contribution in [2.24, 2.45) is 0 Å². The molecule has 0 bridgehead atoms. The monoisotopic (exact) mass is 323 g/mol. The summed E-state index contributed by atoms with van der Waals surface area (Å²) in [7, 11) is 0. The highest BCUT2D eigenvalue weighted by atomic mass is 16.5. The zero-order valence-corrected chi connectivity index (χ0v) is 13.8. The average Bonchev–Trinajstić information content (AvgIpc) is 2.99. The van der Waals surface area contributed by atoms with Crippen LogP contribution in [0.3, 0.4) is 0 Å². The summed E-state index contributed by atoms with van der Waals surface area (Å²) in [4.78, 5) is 14.1. The van der Waals surface area contributed by atoms with Crippen LogP contribution in [0.2, 0.25) is 0 Å². The fraction of sp³-hybridized carbons (Fsp3) is 0.350. The summed E-state index contributed by atoms with van der Waals surface area (Å²) in [6.45, 7) is 5.92. The standard InChI is InChI=1S/C20H21NO3/c1-14-16(7-8-17-18(14)13-24-20(17)22)19-12-21(9-10-23-19)11-15-5-3-2-4-6-15/h2-8,19H,9-13H2,1H3/t19-/m0/s1. The Morgan fingerprint density at radius 2 is 2.00 bits per heavy atom. The van der Waals surface area contributed by atoms with Gasteiger partial charge in [-0.3, -0.25) is 4.90 Å². The highest BCUT2D eigenvalue weighted by Gasteiger charge is 2.28. The maximum absolute atomic E-state index is 11.7. The third kappa shape index (κ3) is 2.83. The zero-order valence-electron chi connectivity index (χ0n) is 13.8. The number of ether oxygens (including phenoxy) is 2. The molecule has 0 aromatic heterocycles. The third-order valence-electron chi connectivity index (χ3n) is 4.95. The topological polar surface area (TPSA) is 38.8 Å². The van der Waals surface area contributed by atoms with Crippen molar-refractivity contribution in [2.45, 2.75) is 26.2 Å². The molecule has 1 saturated heterocycles. The van der Waals surface area contributed by atoms with Crippen molar-refractivity contribution in [1.29, 1.82) is 0 Å². The van der Waals surface area contributed by atoms with Gasteiger partial charge in [0.15, 0.2) is 0 Å². The first-order valence-corrected chi connectivity index (χ1v) is 8.40. The molecule has 1 atom stereocenters. The minimum absolute atomic E-state index is 0.0449. The summed E-state index contributed by atoms with van der Waals surface area (Å²) >= 11 is 0. The molecule has 1 fully saturated rings. The van der Waals surface area contributed by atoms with Crippen molar-refractivity contribution >= 4 is 5.97 Å². The summed E-state index contributed by atoms with van der Waals surface area (Å²) in [5.74, 6) is -0.213. The maximum Gasteiger partial charge on any atom is 0.338 e. The van der Waals surface area contributed by atoms with E-state index in [9.17, 15) is 4.79 Å². The number of cyclic esters (lactones) is 1. The Hall–Kier alpha value is -2.17. The number of hydrogen-bond donors (Lipinski definition) is 0. The van der Waals surface area contributed by atoms with Crippen molar-refractivity contribution < 1.29 is 14.3 Å². The summed E-state index contributed by atoms with van der Waals surface area (Å²) in [5, 5.41) is 0. The lowest BCUT2D eigenvalue weighted by molar-refractivity contribution is -0.0332. The summed E-state index contributed by atoms with van der Waals surface area (Å²) in [6, 6.07) is 14.4. The Bertz CT molecular complexity index is 757. The highest BCUT2D eigenvalue weighted by Crippen LogP contribution is 2.32. The molecule has 2 aliphatic rings. The first-order chi connectivity index (χ1) is 11.7. The minimum atomic E-state index is -0.213. The number of morpholine rings is 1. The predicted octanol–water partition coefficient (Wildman–Crippen LogP) is 3.24. The van der Waals surface area contributed by atoms with E-state index in [0.29, 0.717) is 12.2 Å². The van der Waals surface area contributed by atoms with E-state index < -0.39 is 0 Å². The van der Waals surface area contributed by atoms with Crippen molar-refractivity contribution in [1.82, 2.24) is 4.90 Å². The quantitative estimate of drug-likeness (QED) is 0.813.